The molecule has 6 nitrogen and oxygen atoms in total. The molecule has 5 N–H and O–H groups in total. The maximum absolute atomic E-state index is 11.3. The maximum Gasteiger partial charge on any atom is 0.306 e. The van der Waals surface area contributed by atoms with Gasteiger partial charge in [-0.2, -0.15) is 0 Å². The number of aliphatic carboxylic acids is 1. The van der Waals surface area contributed by atoms with Gasteiger partial charge in [-0.1, -0.05) is 0 Å². The number of carbonyl (C=O) groups excluding carboxylic acids is 1. The second kappa shape index (κ2) is 7.24. The zero-order valence-electron chi connectivity index (χ0n) is 10.4. The van der Waals surface area contributed by atoms with E-state index in [9.17, 15) is 14.7 Å². The summed E-state index contributed by atoms with van der Waals surface area (Å²) in [4.78, 5) is 21.8. The Bertz CT molecular complexity index is 264. The molecule has 0 saturated carbocycles. The Morgan fingerprint density at radius 3 is 2.53 bits per heavy atom. The van der Waals surface area contributed by atoms with E-state index in [1.54, 1.807) is 0 Å². The normalized spacial score (nSPS) is 16.0. The number of carboxylic acids is 1. The van der Waals surface area contributed by atoms with Crippen LogP contribution in [0.3, 0.4) is 0 Å². The topological polar surface area (TPSA) is 113 Å². The van der Waals surface area contributed by atoms with Crippen LogP contribution < -0.4 is 11.1 Å². The van der Waals surface area contributed by atoms with Crippen LogP contribution in [0.4, 0.5) is 0 Å². The lowest BCUT2D eigenvalue weighted by Crippen LogP contribution is -2.42. The molecule has 0 saturated heterocycles. The van der Waals surface area contributed by atoms with E-state index in [1.165, 1.54) is 6.92 Å². The van der Waals surface area contributed by atoms with Crippen LogP contribution in [0.1, 0.15) is 39.5 Å². The van der Waals surface area contributed by atoms with Crippen LogP contribution in [0.15, 0.2) is 0 Å². The number of nitrogens with two attached hydrogens (primary N) is 1. The minimum absolute atomic E-state index is 0.0592. The molecule has 0 aliphatic heterocycles. The first-order valence-corrected chi connectivity index (χ1v) is 5.69. The van der Waals surface area contributed by atoms with Gasteiger partial charge < -0.3 is 21.3 Å². The molecule has 0 heterocycles. The molecule has 0 aromatic heterocycles. The van der Waals surface area contributed by atoms with Crippen molar-refractivity contribution in [2.45, 2.75) is 51.2 Å². The fraction of sp³-hybridized carbons (Fsp3) is 0.818. The summed E-state index contributed by atoms with van der Waals surface area (Å²) >= 11 is 0. The van der Waals surface area contributed by atoms with E-state index in [0.29, 0.717) is 12.8 Å². The third-order valence-electron chi connectivity index (χ3n) is 2.26. The molecule has 0 aromatic rings. The summed E-state index contributed by atoms with van der Waals surface area (Å²) in [5.74, 6) is -1.29. The van der Waals surface area contributed by atoms with E-state index in [4.69, 9.17) is 10.8 Å². The summed E-state index contributed by atoms with van der Waals surface area (Å²) < 4.78 is 0. The van der Waals surface area contributed by atoms with Crippen molar-refractivity contribution >= 4 is 11.9 Å². The number of hydrogen-bond donors (Lipinski definition) is 4. The van der Waals surface area contributed by atoms with Crippen LogP contribution in [0.5, 0.6) is 0 Å². The Morgan fingerprint density at radius 2 is 2.06 bits per heavy atom. The maximum atomic E-state index is 11.3. The average Bonchev–Trinajstić information content (AvgIpc) is 2.12. The number of hydrogen-bond acceptors (Lipinski definition) is 4. The lowest BCUT2D eigenvalue weighted by atomic mass is 10.0. The van der Waals surface area contributed by atoms with Gasteiger partial charge in [0.2, 0.25) is 5.91 Å². The standard InChI is InChI=1S/C11H22N2O4/c1-8(12)4-3-5-9(14)13-7-11(2,17)6-10(15)16/h8,17H,3-7,12H2,1-2H3,(H,13,14)(H,15,16). The van der Waals surface area contributed by atoms with Crippen LogP contribution in [-0.2, 0) is 9.59 Å². The molecule has 0 aliphatic rings. The van der Waals surface area contributed by atoms with E-state index < -0.39 is 18.0 Å². The summed E-state index contributed by atoms with van der Waals surface area (Å²) in [6, 6.07) is 0.0675. The van der Waals surface area contributed by atoms with Gasteiger partial charge in [-0.3, -0.25) is 9.59 Å². The molecule has 1 amide bonds. The number of nitrogens with one attached hydrogen (secondary N) is 1. The Morgan fingerprint density at radius 1 is 1.47 bits per heavy atom. The van der Waals surface area contributed by atoms with Crippen molar-refractivity contribution in [3.05, 3.63) is 0 Å². The van der Waals surface area contributed by atoms with Crippen LogP contribution in [0.2, 0.25) is 0 Å². The van der Waals surface area contributed by atoms with Gasteiger partial charge in [-0.15, -0.1) is 0 Å². The molecular weight excluding hydrogens is 224 g/mol. The average molecular weight is 246 g/mol. The first-order valence-electron chi connectivity index (χ1n) is 5.69. The van der Waals surface area contributed by atoms with Gasteiger partial charge in [0.15, 0.2) is 0 Å². The van der Waals surface area contributed by atoms with Crippen molar-refractivity contribution in [3.63, 3.8) is 0 Å². The largest absolute Gasteiger partial charge is 0.481 e. The zero-order valence-corrected chi connectivity index (χ0v) is 10.4. The van der Waals surface area contributed by atoms with E-state index >= 15 is 0 Å². The van der Waals surface area contributed by atoms with Gasteiger partial charge in [0.05, 0.1) is 12.0 Å². The van der Waals surface area contributed by atoms with E-state index in [2.05, 4.69) is 5.32 Å². The highest BCUT2D eigenvalue weighted by Crippen LogP contribution is 2.07. The molecule has 0 radical (unpaired) electrons. The molecule has 2 unspecified atom stereocenters. The lowest BCUT2D eigenvalue weighted by Gasteiger charge is -2.21. The number of carbonyl (C=O) groups is 2. The quantitative estimate of drug-likeness (QED) is 0.475. The molecule has 0 aliphatic carbocycles. The highest BCUT2D eigenvalue weighted by molar-refractivity contribution is 5.76. The van der Waals surface area contributed by atoms with Crippen molar-refractivity contribution in [1.82, 2.24) is 5.32 Å². The minimum atomic E-state index is -1.41. The van der Waals surface area contributed by atoms with Crippen molar-refractivity contribution in [1.29, 1.82) is 0 Å². The van der Waals surface area contributed by atoms with Gasteiger partial charge in [0, 0.05) is 19.0 Å². The summed E-state index contributed by atoms with van der Waals surface area (Å²) in [6.45, 7) is 3.19. The molecule has 0 aromatic carbocycles. The zero-order chi connectivity index (χ0) is 13.5. The molecular formula is C11H22N2O4. The second-order valence-electron chi connectivity index (χ2n) is 4.71. The summed E-state index contributed by atoms with van der Waals surface area (Å²) in [7, 11) is 0. The van der Waals surface area contributed by atoms with Crippen LogP contribution in [0, 0.1) is 0 Å². The smallest absolute Gasteiger partial charge is 0.306 e. The van der Waals surface area contributed by atoms with Crippen molar-refractivity contribution in [2.24, 2.45) is 5.73 Å². The fourth-order valence-electron chi connectivity index (χ4n) is 1.35. The second-order valence-corrected chi connectivity index (χ2v) is 4.71. The lowest BCUT2D eigenvalue weighted by molar-refractivity contribution is -0.142. The number of carboxylic acid groups (broad SMARTS) is 1. The number of aliphatic hydroxyl groups is 1. The van der Waals surface area contributed by atoms with E-state index in [-0.39, 0.29) is 18.5 Å². The molecule has 0 spiro atoms. The molecule has 100 valence electrons. The Kier molecular flexibility index (Phi) is 6.75. The van der Waals surface area contributed by atoms with Gasteiger partial charge in [0.1, 0.15) is 0 Å². The third kappa shape index (κ3) is 9.77. The molecule has 6 heteroatoms. The van der Waals surface area contributed by atoms with Crippen LogP contribution in [-0.4, -0.2) is 40.3 Å². The molecule has 17 heavy (non-hydrogen) atoms. The first kappa shape index (κ1) is 15.9. The summed E-state index contributed by atoms with van der Waals surface area (Å²) in [5.41, 5.74) is 4.13. The Labute approximate surface area is 101 Å². The molecule has 0 bridgehead atoms. The number of rotatable bonds is 8. The van der Waals surface area contributed by atoms with Gasteiger partial charge in [-0.25, -0.2) is 0 Å². The minimum Gasteiger partial charge on any atom is -0.481 e. The monoisotopic (exact) mass is 246 g/mol. The van der Waals surface area contributed by atoms with Crippen LogP contribution in [0.25, 0.3) is 0 Å². The van der Waals surface area contributed by atoms with Crippen molar-refractivity contribution < 1.29 is 19.8 Å². The molecule has 2 atom stereocenters. The van der Waals surface area contributed by atoms with Crippen molar-refractivity contribution in [3.8, 4) is 0 Å². The fourth-order valence-corrected chi connectivity index (χ4v) is 1.35. The van der Waals surface area contributed by atoms with Crippen molar-refractivity contribution in [2.75, 3.05) is 6.54 Å². The summed E-state index contributed by atoms with van der Waals surface area (Å²) in [5, 5.41) is 20.7. The van der Waals surface area contributed by atoms with E-state index in [0.717, 1.165) is 6.42 Å². The Hall–Kier alpha value is -1.14. The predicted octanol–water partition coefficient (Wildman–Crippen LogP) is -0.154. The van der Waals surface area contributed by atoms with Gasteiger partial charge in [-0.05, 0) is 26.7 Å². The van der Waals surface area contributed by atoms with Gasteiger partial charge in [0.25, 0.3) is 0 Å². The molecule has 0 fully saturated rings. The number of amides is 1. The van der Waals surface area contributed by atoms with Gasteiger partial charge >= 0.3 is 5.97 Å². The molecule has 0 rings (SSSR count). The van der Waals surface area contributed by atoms with Crippen LogP contribution >= 0.6 is 0 Å². The van der Waals surface area contributed by atoms with E-state index in [1.807, 2.05) is 6.92 Å². The first-order chi connectivity index (χ1) is 7.73. The Balaban J connectivity index is 3.79. The summed E-state index contributed by atoms with van der Waals surface area (Å²) in [6.07, 6.45) is 1.39. The highest BCUT2D eigenvalue weighted by Gasteiger charge is 2.24. The third-order valence-corrected chi connectivity index (χ3v) is 2.26. The predicted molar refractivity (Wildman–Crippen MR) is 63.4 cm³/mol. The highest BCUT2D eigenvalue weighted by atomic mass is 16.4. The SMILES string of the molecule is CC(N)CCCC(=O)NCC(C)(O)CC(=O)O.